The maximum Gasteiger partial charge on any atom is 0.411 e. The predicted molar refractivity (Wildman–Crippen MR) is 113 cm³/mol. The van der Waals surface area contributed by atoms with E-state index >= 15 is 0 Å². The molecule has 7 heteroatoms. The molecule has 0 bridgehead atoms. The highest BCUT2D eigenvalue weighted by molar-refractivity contribution is 5.90. The second-order valence-electron chi connectivity index (χ2n) is 8.24. The molecule has 1 heterocycles. The Bertz CT molecular complexity index is 957. The maximum atomic E-state index is 13.1. The van der Waals surface area contributed by atoms with Crippen molar-refractivity contribution in [1.29, 1.82) is 0 Å². The van der Waals surface area contributed by atoms with Crippen LogP contribution in [0.4, 0.5) is 4.79 Å². The lowest BCUT2D eigenvalue weighted by Crippen LogP contribution is -2.55. The van der Waals surface area contributed by atoms with Gasteiger partial charge in [-0.3, -0.25) is 9.69 Å². The summed E-state index contributed by atoms with van der Waals surface area (Å²) in [6.07, 6.45) is 2.14. The van der Waals surface area contributed by atoms with E-state index in [1.54, 1.807) is 0 Å². The third-order valence-corrected chi connectivity index (χ3v) is 5.87. The zero-order chi connectivity index (χ0) is 21.8. The average Bonchev–Trinajstić information content (AvgIpc) is 3.61. The smallest absolute Gasteiger partial charge is 0.411 e. The normalized spacial score (nSPS) is 18.6. The summed E-state index contributed by atoms with van der Waals surface area (Å²) >= 11 is 0. The lowest BCUT2D eigenvalue weighted by Gasteiger charge is -2.35. The van der Waals surface area contributed by atoms with Crippen molar-refractivity contribution in [2.24, 2.45) is 5.92 Å². The lowest BCUT2D eigenvalue weighted by molar-refractivity contribution is -0.143. The number of ether oxygens (including phenoxy) is 1. The van der Waals surface area contributed by atoms with Gasteiger partial charge in [0.05, 0.1) is 6.54 Å². The van der Waals surface area contributed by atoms with Crippen LogP contribution >= 0.6 is 0 Å². The van der Waals surface area contributed by atoms with Crippen LogP contribution in [0, 0.1) is 5.92 Å². The number of benzene rings is 2. The molecule has 31 heavy (non-hydrogen) atoms. The van der Waals surface area contributed by atoms with E-state index in [0.29, 0.717) is 18.8 Å². The van der Waals surface area contributed by atoms with Gasteiger partial charge < -0.3 is 15.2 Å². The van der Waals surface area contributed by atoms with Gasteiger partial charge in [0, 0.05) is 6.42 Å². The molecule has 0 radical (unpaired) electrons. The number of aliphatic carboxylic acids is 1. The first-order valence-corrected chi connectivity index (χ1v) is 10.6. The van der Waals surface area contributed by atoms with Crippen LogP contribution in [0.2, 0.25) is 0 Å². The van der Waals surface area contributed by atoms with Gasteiger partial charge in [0.25, 0.3) is 0 Å². The molecule has 0 spiro atoms. The number of hydrogen-bond acceptors (Lipinski definition) is 4. The molecule has 1 aliphatic carbocycles. The summed E-state index contributed by atoms with van der Waals surface area (Å²) in [6, 6.07) is 15.2. The van der Waals surface area contributed by atoms with Crippen molar-refractivity contribution in [2.45, 2.75) is 50.9 Å². The number of fused-ring (bicyclic) bond motifs is 1. The molecule has 2 aromatic carbocycles. The number of carbonyl (C=O) groups excluding carboxylic acids is 2. The highest BCUT2D eigenvalue weighted by atomic mass is 16.6. The van der Waals surface area contributed by atoms with Gasteiger partial charge in [-0.1, -0.05) is 67.4 Å². The Kier molecular flexibility index (Phi) is 6.21. The van der Waals surface area contributed by atoms with Gasteiger partial charge in [0.1, 0.15) is 18.7 Å². The van der Waals surface area contributed by atoms with Crippen molar-refractivity contribution in [1.82, 2.24) is 10.2 Å². The van der Waals surface area contributed by atoms with Gasteiger partial charge in [-0.2, -0.15) is 0 Å². The SMILES string of the molecule is O=C(O)[C@H](CC1CC1)NC(=O)[C@@H]1Cc2ccccc2CN1C(=O)OCc1ccccc1. The Morgan fingerprint density at radius 3 is 2.39 bits per heavy atom. The van der Waals surface area contributed by atoms with Gasteiger partial charge in [0.15, 0.2) is 0 Å². The highest BCUT2D eigenvalue weighted by Crippen LogP contribution is 2.33. The summed E-state index contributed by atoms with van der Waals surface area (Å²) in [6.45, 7) is 0.341. The topological polar surface area (TPSA) is 95.9 Å². The summed E-state index contributed by atoms with van der Waals surface area (Å²) in [4.78, 5) is 39.0. The van der Waals surface area contributed by atoms with E-state index in [9.17, 15) is 19.5 Å². The third-order valence-electron chi connectivity index (χ3n) is 5.87. The molecular weight excluding hydrogens is 396 g/mol. The van der Waals surface area contributed by atoms with Crippen molar-refractivity contribution < 1.29 is 24.2 Å². The van der Waals surface area contributed by atoms with E-state index in [1.165, 1.54) is 4.90 Å². The first-order chi connectivity index (χ1) is 15.0. The largest absolute Gasteiger partial charge is 0.480 e. The second kappa shape index (κ2) is 9.20. The molecule has 0 saturated heterocycles. The number of carboxylic acid groups (broad SMARTS) is 1. The van der Waals surface area contributed by atoms with Crippen LogP contribution in [0.5, 0.6) is 0 Å². The minimum atomic E-state index is -1.05. The highest BCUT2D eigenvalue weighted by Gasteiger charge is 2.38. The average molecular weight is 422 g/mol. The molecule has 2 N–H and O–H groups in total. The van der Waals surface area contributed by atoms with Gasteiger partial charge >= 0.3 is 12.1 Å². The minimum Gasteiger partial charge on any atom is -0.480 e. The second-order valence-corrected chi connectivity index (χ2v) is 8.24. The third kappa shape index (κ3) is 5.23. The van der Waals surface area contributed by atoms with Crippen molar-refractivity contribution in [3.63, 3.8) is 0 Å². The van der Waals surface area contributed by atoms with Gasteiger partial charge in [-0.05, 0) is 29.0 Å². The van der Waals surface area contributed by atoms with E-state index in [1.807, 2.05) is 54.6 Å². The number of hydrogen-bond donors (Lipinski definition) is 2. The number of carboxylic acids is 1. The summed E-state index contributed by atoms with van der Waals surface area (Å²) in [5.74, 6) is -1.16. The maximum absolute atomic E-state index is 13.1. The molecule has 2 atom stereocenters. The Hall–Kier alpha value is -3.35. The van der Waals surface area contributed by atoms with E-state index in [0.717, 1.165) is 29.5 Å². The van der Waals surface area contributed by atoms with Gasteiger partial charge in [0.2, 0.25) is 5.91 Å². The Morgan fingerprint density at radius 1 is 1.03 bits per heavy atom. The summed E-state index contributed by atoms with van der Waals surface area (Å²) < 4.78 is 5.48. The zero-order valence-electron chi connectivity index (χ0n) is 17.2. The van der Waals surface area contributed by atoms with Crippen molar-refractivity contribution in [2.75, 3.05) is 0 Å². The van der Waals surface area contributed by atoms with Crippen molar-refractivity contribution in [3.8, 4) is 0 Å². The quantitative estimate of drug-likeness (QED) is 0.715. The van der Waals surface area contributed by atoms with Crippen molar-refractivity contribution >= 4 is 18.0 Å². The van der Waals surface area contributed by atoms with E-state index in [4.69, 9.17) is 4.74 Å². The molecule has 2 amide bonds. The Balaban J connectivity index is 1.49. The monoisotopic (exact) mass is 422 g/mol. The fraction of sp³-hybridized carbons (Fsp3) is 0.375. The molecule has 162 valence electrons. The Labute approximate surface area is 181 Å². The van der Waals surface area contributed by atoms with Crippen LogP contribution in [0.25, 0.3) is 0 Å². The minimum absolute atomic E-state index is 0.103. The fourth-order valence-corrected chi connectivity index (χ4v) is 3.93. The van der Waals surface area contributed by atoms with Crippen molar-refractivity contribution in [3.05, 3.63) is 71.3 Å². The molecule has 1 fully saturated rings. The number of rotatable bonds is 7. The molecule has 7 nitrogen and oxygen atoms in total. The molecular formula is C24H26N2O5. The summed E-state index contributed by atoms with van der Waals surface area (Å²) in [7, 11) is 0. The zero-order valence-corrected chi connectivity index (χ0v) is 17.2. The van der Waals surface area contributed by atoms with Gasteiger partial charge in [-0.15, -0.1) is 0 Å². The summed E-state index contributed by atoms with van der Waals surface area (Å²) in [5, 5.41) is 12.2. The predicted octanol–water partition coefficient (Wildman–Crippen LogP) is 3.12. The number of amides is 2. The first-order valence-electron chi connectivity index (χ1n) is 10.6. The first kappa shape index (κ1) is 20.9. The van der Waals surface area contributed by atoms with Crippen LogP contribution in [0.3, 0.4) is 0 Å². The van der Waals surface area contributed by atoms with Gasteiger partial charge in [-0.25, -0.2) is 9.59 Å². The number of carbonyl (C=O) groups is 3. The van der Waals surface area contributed by atoms with Crippen LogP contribution in [0.1, 0.15) is 36.0 Å². The standard InChI is InChI=1S/C24H26N2O5/c27-22(25-20(23(28)29)12-16-10-11-16)21-13-18-8-4-5-9-19(18)14-26(21)24(30)31-15-17-6-2-1-3-7-17/h1-9,16,20-21H,10-15H2,(H,25,27)(H,28,29)/t20-,21-/m0/s1. The molecule has 0 aromatic heterocycles. The lowest BCUT2D eigenvalue weighted by atomic mass is 9.93. The van der Waals surface area contributed by atoms with Crippen LogP contribution in [-0.4, -0.2) is 40.1 Å². The molecule has 4 rings (SSSR count). The summed E-state index contributed by atoms with van der Waals surface area (Å²) in [5.41, 5.74) is 2.78. The van der Waals surface area contributed by atoms with Crippen LogP contribution < -0.4 is 5.32 Å². The molecule has 1 saturated carbocycles. The Morgan fingerprint density at radius 2 is 1.71 bits per heavy atom. The van der Waals surface area contributed by atoms with Crippen LogP contribution in [-0.2, 0) is 33.9 Å². The van der Waals surface area contributed by atoms with Crippen LogP contribution in [0.15, 0.2) is 54.6 Å². The molecule has 2 aromatic rings. The fourth-order valence-electron chi connectivity index (χ4n) is 3.93. The number of nitrogens with one attached hydrogen (secondary N) is 1. The number of nitrogens with zero attached hydrogens (tertiary/aromatic N) is 1. The van der Waals surface area contributed by atoms with E-state index < -0.39 is 30.1 Å². The molecule has 1 aliphatic heterocycles. The van der Waals surface area contributed by atoms with E-state index in [-0.39, 0.29) is 13.2 Å². The molecule has 0 unspecified atom stereocenters. The van der Waals surface area contributed by atoms with E-state index in [2.05, 4.69) is 5.32 Å². The molecule has 2 aliphatic rings.